The molecule has 0 bridgehead atoms. The molecule has 2 aromatic rings. The van der Waals surface area contributed by atoms with Gasteiger partial charge >= 0.3 is 5.97 Å². The van der Waals surface area contributed by atoms with Crippen LogP contribution in [0.25, 0.3) is 0 Å². The molecule has 0 saturated heterocycles. The number of hydrogen-bond donors (Lipinski definition) is 2. The number of amides is 1. The zero-order chi connectivity index (χ0) is 17.7. The molecule has 0 spiro atoms. The van der Waals surface area contributed by atoms with Crippen molar-refractivity contribution in [1.82, 2.24) is 10.3 Å². The average Bonchev–Trinajstić information content (AvgIpc) is 2.52. The lowest BCUT2D eigenvalue weighted by molar-refractivity contribution is -0.141. The van der Waals surface area contributed by atoms with E-state index in [0.29, 0.717) is 5.56 Å². The molecule has 2 rings (SSSR count). The van der Waals surface area contributed by atoms with Crippen molar-refractivity contribution in [3.63, 3.8) is 0 Å². The lowest BCUT2D eigenvalue weighted by Crippen LogP contribution is -2.43. The van der Waals surface area contributed by atoms with Crippen molar-refractivity contribution in [2.45, 2.75) is 18.9 Å². The SMILES string of the molecule is O=C(Cc1ccc(F)c(F)c1)N[C@H](Cc1ccc(Cl)nc1)C(=O)O. The Bertz CT molecular complexity index is 753. The lowest BCUT2D eigenvalue weighted by Gasteiger charge is -2.14. The van der Waals surface area contributed by atoms with E-state index in [1.165, 1.54) is 18.3 Å². The summed E-state index contributed by atoms with van der Waals surface area (Å²) in [5, 5.41) is 11.8. The normalized spacial score (nSPS) is 11.8. The number of aromatic nitrogens is 1. The third kappa shape index (κ3) is 4.99. The zero-order valence-electron chi connectivity index (χ0n) is 12.3. The summed E-state index contributed by atoms with van der Waals surface area (Å²) >= 11 is 5.65. The molecule has 8 heteroatoms. The number of hydrogen-bond acceptors (Lipinski definition) is 3. The van der Waals surface area contributed by atoms with Gasteiger partial charge in [-0.15, -0.1) is 0 Å². The quantitative estimate of drug-likeness (QED) is 0.781. The van der Waals surface area contributed by atoms with E-state index in [9.17, 15) is 23.5 Å². The molecular formula is C16H13ClF2N2O3. The predicted octanol–water partition coefficient (Wildman–Crippen LogP) is 2.37. The number of nitrogens with zero attached hydrogens (tertiary/aromatic N) is 1. The molecule has 0 aliphatic heterocycles. The molecule has 1 aromatic heterocycles. The third-order valence-corrected chi connectivity index (χ3v) is 3.43. The van der Waals surface area contributed by atoms with E-state index in [4.69, 9.17) is 11.6 Å². The van der Waals surface area contributed by atoms with Gasteiger partial charge in [-0.25, -0.2) is 18.6 Å². The number of carboxylic acid groups (broad SMARTS) is 1. The minimum Gasteiger partial charge on any atom is -0.480 e. The molecule has 0 saturated carbocycles. The molecule has 0 radical (unpaired) electrons. The van der Waals surface area contributed by atoms with Crippen LogP contribution in [-0.2, 0) is 22.4 Å². The highest BCUT2D eigenvalue weighted by Gasteiger charge is 2.21. The van der Waals surface area contributed by atoms with Crippen LogP contribution in [0.15, 0.2) is 36.5 Å². The molecule has 0 unspecified atom stereocenters. The van der Waals surface area contributed by atoms with Crippen molar-refractivity contribution in [2.75, 3.05) is 0 Å². The fraction of sp³-hybridized carbons (Fsp3) is 0.188. The van der Waals surface area contributed by atoms with Gasteiger partial charge in [0.25, 0.3) is 0 Å². The van der Waals surface area contributed by atoms with E-state index in [2.05, 4.69) is 10.3 Å². The molecule has 0 aliphatic carbocycles. The van der Waals surface area contributed by atoms with Gasteiger partial charge in [-0.3, -0.25) is 4.79 Å². The first-order valence-electron chi connectivity index (χ1n) is 6.91. The van der Waals surface area contributed by atoms with Crippen molar-refractivity contribution >= 4 is 23.5 Å². The summed E-state index contributed by atoms with van der Waals surface area (Å²) in [7, 11) is 0. The van der Waals surface area contributed by atoms with Gasteiger partial charge in [0.05, 0.1) is 6.42 Å². The number of nitrogens with one attached hydrogen (secondary N) is 1. The second kappa shape index (κ2) is 7.83. The van der Waals surface area contributed by atoms with E-state index >= 15 is 0 Å². The number of aliphatic carboxylic acids is 1. The monoisotopic (exact) mass is 354 g/mol. The number of carbonyl (C=O) groups excluding carboxylic acids is 1. The topological polar surface area (TPSA) is 79.3 Å². The van der Waals surface area contributed by atoms with E-state index < -0.39 is 29.6 Å². The maximum Gasteiger partial charge on any atom is 0.326 e. The molecule has 0 aliphatic rings. The molecule has 1 atom stereocenters. The summed E-state index contributed by atoms with van der Waals surface area (Å²) in [6.45, 7) is 0. The van der Waals surface area contributed by atoms with E-state index in [1.807, 2.05) is 0 Å². The van der Waals surface area contributed by atoms with Crippen LogP contribution in [0.3, 0.4) is 0 Å². The second-order valence-corrected chi connectivity index (χ2v) is 5.46. The standard InChI is InChI=1S/C16H13ClF2N2O3/c17-14-4-2-10(8-20-14)6-13(16(23)24)21-15(22)7-9-1-3-11(18)12(19)5-9/h1-5,8,13H,6-7H2,(H,21,22)(H,23,24)/t13-/m1/s1. The summed E-state index contributed by atoms with van der Waals surface area (Å²) < 4.78 is 26.0. The molecule has 126 valence electrons. The molecule has 5 nitrogen and oxygen atoms in total. The van der Waals surface area contributed by atoms with Crippen molar-refractivity contribution in [2.24, 2.45) is 0 Å². The average molecular weight is 355 g/mol. The van der Waals surface area contributed by atoms with Gasteiger partial charge in [-0.1, -0.05) is 23.7 Å². The number of rotatable bonds is 6. The summed E-state index contributed by atoms with van der Waals surface area (Å²) in [5.74, 6) is -3.92. The number of carboxylic acids is 1. The molecule has 24 heavy (non-hydrogen) atoms. The smallest absolute Gasteiger partial charge is 0.326 e. The molecule has 2 N–H and O–H groups in total. The first-order valence-corrected chi connectivity index (χ1v) is 7.29. The van der Waals surface area contributed by atoms with Crippen LogP contribution in [0.4, 0.5) is 8.78 Å². The molecule has 0 fully saturated rings. The summed E-state index contributed by atoms with van der Waals surface area (Å²) in [4.78, 5) is 27.1. The first-order chi connectivity index (χ1) is 11.3. The number of pyridine rings is 1. The molecule has 1 aromatic carbocycles. The van der Waals surface area contributed by atoms with Crippen molar-refractivity contribution < 1.29 is 23.5 Å². The van der Waals surface area contributed by atoms with Crippen molar-refractivity contribution in [3.05, 3.63) is 64.4 Å². The summed E-state index contributed by atoms with van der Waals surface area (Å²) in [5.41, 5.74) is 0.823. The maximum absolute atomic E-state index is 13.1. The molecule has 1 amide bonds. The minimum absolute atomic E-state index is 0.0169. The van der Waals surface area contributed by atoms with Crippen LogP contribution >= 0.6 is 11.6 Å². The van der Waals surface area contributed by atoms with E-state index in [-0.39, 0.29) is 23.6 Å². The fourth-order valence-electron chi connectivity index (χ4n) is 2.04. The van der Waals surface area contributed by atoms with Gasteiger partial charge in [-0.05, 0) is 29.3 Å². The predicted molar refractivity (Wildman–Crippen MR) is 82.6 cm³/mol. The number of halogens is 3. The Kier molecular flexibility index (Phi) is 5.81. The Morgan fingerprint density at radius 1 is 1.17 bits per heavy atom. The van der Waals surface area contributed by atoms with Crippen LogP contribution in [0, 0.1) is 11.6 Å². The van der Waals surface area contributed by atoms with Crippen LogP contribution in [0.5, 0.6) is 0 Å². The van der Waals surface area contributed by atoms with Gasteiger partial charge in [0, 0.05) is 12.6 Å². The van der Waals surface area contributed by atoms with Crippen LogP contribution in [0.2, 0.25) is 5.15 Å². The highest BCUT2D eigenvalue weighted by Crippen LogP contribution is 2.10. The zero-order valence-corrected chi connectivity index (χ0v) is 13.1. The summed E-state index contributed by atoms with van der Waals surface area (Å²) in [6.07, 6.45) is 1.17. The van der Waals surface area contributed by atoms with Gasteiger partial charge in [0.1, 0.15) is 11.2 Å². The first kappa shape index (κ1) is 17.8. The minimum atomic E-state index is -1.22. The molecule has 1 heterocycles. The number of carbonyl (C=O) groups is 2. The maximum atomic E-state index is 13.1. The highest BCUT2D eigenvalue weighted by atomic mass is 35.5. The van der Waals surface area contributed by atoms with Crippen LogP contribution in [0.1, 0.15) is 11.1 Å². The Labute approximate surface area is 141 Å². The third-order valence-electron chi connectivity index (χ3n) is 3.21. The largest absolute Gasteiger partial charge is 0.480 e. The van der Waals surface area contributed by atoms with Gasteiger partial charge in [0.15, 0.2) is 11.6 Å². The molecular weight excluding hydrogens is 342 g/mol. The van der Waals surface area contributed by atoms with Crippen LogP contribution in [-0.4, -0.2) is 28.0 Å². The number of benzene rings is 1. The lowest BCUT2D eigenvalue weighted by atomic mass is 10.1. The van der Waals surface area contributed by atoms with E-state index in [1.54, 1.807) is 6.07 Å². The van der Waals surface area contributed by atoms with Crippen molar-refractivity contribution in [1.29, 1.82) is 0 Å². The van der Waals surface area contributed by atoms with E-state index in [0.717, 1.165) is 12.1 Å². The van der Waals surface area contributed by atoms with Crippen LogP contribution < -0.4 is 5.32 Å². The fourth-order valence-corrected chi connectivity index (χ4v) is 2.16. The Hall–Kier alpha value is -2.54. The van der Waals surface area contributed by atoms with Gasteiger partial charge < -0.3 is 10.4 Å². The Morgan fingerprint density at radius 3 is 2.46 bits per heavy atom. The second-order valence-electron chi connectivity index (χ2n) is 5.08. The van der Waals surface area contributed by atoms with Crippen molar-refractivity contribution in [3.8, 4) is 0 Å². The Balaban J connectivity index is 2.01. The Morgan fingerprint density at radius 2 is 1.88 bits per heavy atom. The van der Waals surface area contributed by atoms with Gasteiger partial charge in [-0.2, -0.15) is 0 Å². The highest BCUT2D eigenvalue weighted by molar-refractivity contribution is 6.29. The summed E-state index contributed by atoms with van der Waals surface area (Å²) in [6, 6.07) is 5.01. The van der Waals surface area contributed by atoms with Gasteiger partial charge in [0.2, 0.25) is 5.91 Å².